The van der Waals surface area contributed by atoms with Gasteiger partial charge in [0.15, 0.2) is 0 Å². The van der Waals surface area contributed by atoms with E-state index in [2.05, 4.69) is 28.1 Å². The van der Waals surface area contributed by atoms with Crippen LogP contribution in [0.4, 0.5) is 0 Å². The zero-order valence-corrected chi connectivity index (χ0v) is 11.3. The largest absolute Gasteiger partial charge is 0.348 e. The molecule has 2 nitrogen and oxygen atoms in total. The summed E-state index contributed by atoms with van der Waals surface area (Å²) in [6.07, 6.45) is 0. The highest BCUT2D eigenvalue weighted by atomic mass is 79.9. The average molecular weight is 288 g/mol. The fourth-order valence-corrected chi connectivity index (χ4v) is 2.19. The fraction of sp³-hybridized carbons (Fsp3) is 0.364. The molecule has 0 atom stereocenters. The molecule has 0 aliphatic rings. The smallest absolute Gasteiger partial charge is 0.232 e. The first-order valence-corrected chi connectivity index (χ1v) is 6.56. The van der Waals surface area contributed by atoms with Gasteiger partial charge in [-0.25, -0.2) is 0 Å². The van der Waals surface area contributed by atoms with Crippen LogP contribution in [0.15, 0.2) is 28.7 Å². The van der Waals surface area contributed by atoms with Crippen molar-refractivity contribution < 1.29 is 4.79 Å². The van der Waals surface area contributed by atoms with E-state index >= 15 is 0 Å². The molecule has 0 aromatic heterocycles. The number of thioether (sulfide) groups is 1. The Labute approximate surface area is 103 Å². The molecular formula is C11H14BrNOS. The van der Waals surface area contributed by atoms with E-state index in [9.17, 15) is 4.79 Å². The Morgan fingerprint density at radius 3 is 2.47 bits per heavy atom. The second-order valence-corrected chi connectivity index (χ2v) is 5.31. The number of nitrogens with zero attached hydrogens (tertiary/aromatic N) is 1. The van der Waals surface area contributed by atoms with Gasteiger partial charge in [-0.1, -0.05) is 28.1 Å². The van der Waals surface area contributed by atoms with Gasteiger partial charge in [-0.3, -0.25) is 4.79 Å². The molecule has 0 saturated heterocycles. The van der Waals surface area contributed by atoms with Crippen LogP contribution in [0, 0.1) is 0 Å². The van der Waals surface area contributed by atoms with Gasteiger partial charge in [-0.15, -0.1) is 11.8 Å². The molecule has 1 amide bonds. The third kappa shape index (κ3) is 4.71. The number of rotatable bonds is 4. The predicted octanol–water partition coefficient (Wildman–Crippen LogP) is 2.77. The number of hydrogen-bond acceptors (Lipinski definition) is 2. The van der Waals surface area contributed by atoms with Gasteiger partial charge in [0.05, 0.1) is 5.75 Å². The number of halogens is 1. The van der Waals surface area contributed by atoms with Crippen LogP contribution in [-0.4, -0.2) is 30.7 Å². The molecule has 0 aliphatic carbocycles. The SMILES string of the molecule is CN(C)C(=O)CSCc1ccc(Br)cc1. The van der Waals surface area contributed by atoms with Crippen LogP contribution in [-0.2, 0) is 10.5 Å². The third-order valence-corrected chi connectivity index (χ3v) is 3.42. The molecular weight excluding hydrogens is 274 g/mol. The van der Waals surface area contributed by atoms with Gasteiger partial charge >= 0.3 is 0 Å². The highest BCUT2D eigenvalue weighted by Crippen LogP contribution is 2.15. The van der Waals surface area contributed by atoms with Crippen molar-refractivity contribution in [1.82, 2.24) is 4.90 Å². The number of benzene rings is 1. The van der Waals surface area contributed by atoms with Crippen LogP contribution in [0.2, 0.25) is 0 Å². The molecule has 0 bridgehead atoms. The Morgan fingerprint density at radius 2 is 1.93 bits per heavy atom. The van der Waals surface area contributed by atoms with Crippen molar-refractivity contribution in [1.29, 1.82) is 0 Å². The van der Waals surface area contributed by atoms with Crippen LogP contribution in [0.3, 0.4) is 0 Å². The summed E-state index contributed by atoms with van der Waals surface area (Å²) in [5, 5.41) is 0. The minimum atomic E-state index is 0.164. The molecule has 0 unspecified atom stereocenters. The van der Waals surface area contributed by atoms with Crippen molar-refractivity contribution in [3.8, 4) is 0 Å². The Bertz CT molecular complexity index is 324. The first-order valence-electron chi connectivity index (χ1n) is 4.62. The first-order chi connectivity index (χ1) is 7.09. The maximum atomic E-state index is 11.3. The zero-order valence-electron chi connectivity index (χ0n) is 8.87. The third-order valence-electron chi connectivity index (χ3n) is 1.91. The van der Waals surface area contributed by atoms with Crippen molar-refractivity contribution in [3.05, 3.63) is 34.3 Å². The van der Waals surface area contributed by atoms with E-state index in [1.165, 1.54) is 5.56 Å². The van der Waals surface area contributed by atoms with E-state index < -0.39 is 0 Å². The molecule has 1 aromatic rings. The van der Waals surface area contributed by atoms with Crippen molar-refractivity contribution in [2.75, 3.05) is 19.8 Å². The van der Waals surface area contributed by atoms with E-state index in [1.54, 1.807) is 30.8 Å². The number of carbonyl (C=O) groups is 1. The van der Waals surface area contributed by atoms with Crippen molar-refractivity contribution in [2.24, 2.45) is 0 Å². The summed E-state index contributed by atoms with van der Waals surface area (Å²) in [7, 11) is 3.56. The molecule has 1 aromatic carbocycles. The van der Waals surface area contributed by atoms with E-state index in [4.69, 9.17) is 0 Å². The van der Waals surface area contributed by atoms with Gasteiger partial charge in [0.1, 0.15) is 0 Å². The molecule has 0 heterocycles. The summed E-state index contributed by atoms with van der Waals surface area (Å²) in [4.78, 5) is 12.9. The summed E-state index contributed by atoms with van der Waals surface area (Å²) in [6.45, 7) is 0. The van der Waals surface area contributed by atoms with Crippen LogP contribution in [0.5, 0.6) is 0 Å². The Balaban J connectivity index is 2.32. The van der Waals surface area contributed by atoms with E-state index in [0.717, 1.165) is 10.2 Å². The Kier molecular flexibility index (Phi) is 5.19. The van der Waals surface area contributed by atoms with Crippen molar-refractivity contribution in [3.63, 3.8) is 0 Å². The predicted molar refractivity (Wildman–Crippen MR) is 69.0 cm³/mol. The molecule has 0 spiro atoms. The number of carbonyl (C=O) groups excluding carboxylic acids is 1. The standard InChI is InChI=1S/C11H14BrNOS/c1-13(2)11(14)8-15-7-9-3-5-10(12)6-4-9/h3-6H,7-8H2,1-2H3. The maximum absolute atomic E-state index is 11.3. The minimum absolute atomic E-state index is 0.164. The lowest BCUT2D eigenvalue weighted by molar-refractivity contribution is -0.125. The summed E-state index contributed by atoms with van der Waals surface area (Å²) >= 11 is 5.03. The number of amides is 1. The minimum Gasteiger partial charge on any atom is -0.348 e. The lowest BCUT2D eigenvalue weighted by atomic mass is 10.2. The highest BCUT2D eigenvalue weighted by molar-refractivity contribution is 9.10. The summed E-state index contributed by atoms with van der Waals surface area (Å²) in [6, 6.07) is 8.17. The van der Waals surface area contributed by atoms with Gasteiger partial charge in [0.25, 0.3) is 0 Å². The molecule has 4 heteroatoms. The zero-order chi connectivity index (χ0) is 11.3. The monoisotopic (exact) mass is 287 g/mol. The van der Waals surface area contributed by atoms with Gasteiger partial charge in [-0.05, 0) is 17.7 Å². The lowest BCUT2D eigenvalue weighted by Gasteiger charge is -2.09. The van der Waals surface area contributed by atoms with Crippen LogP contribution in [0.1, 0.15) is 5.56 Å². The normalized spacial score (nSPS) is 10.1. The van der Waals surface area contributed by atoms with Crippen LogP contribution >= 0.6 is 27.7 Å². The average Bonchev–Trinajstić information content (AvgIpc) is 2.20. The van der Waals surface area contributed by atoms with Crippen LogP contribution < -0.4 is 0 Å². The second kappa shape index (κ2) is 6.18. The van der Waals surface area contributed by atoms with Crippen molar-refractivity contribution in [2.45, 2.75) is 5.75 Å². The molecule has 15 heavy (non-hydrogen) atoms. The first kappa shape index (κ1) is 12.6. The van der Waals surface area contributed by atoms with Crippen LogP contribution in [0.25, 0.3) is 0 Å². The van der Waals surface area contributed by atoms with Gasteiger partial charge in [0.2, 0.25) is 5.91 Å². The quantitative estimate of drug-likeness (QED) is 0.849. The lowest BCUT2D eigenvalue weighted by Crippen LogP contribution is -2.23. The molecule has 0 fully saturated rings. The molecule has 0 radical (unpaired) electrons. The molecule has 1 rings (SSSR count). The van der Waals surface area contributed by atoms with Gasteiger partial charge in [0, 0.05) is 24.3 Å². The second-order valence-electron chi connectivity index (χ2n) is 3.41. The molecule has 82 valence electrons. The van der Waals surface area contributed by atoms with Crippen molar-refractivity contribution >= 4 is 33.6 Å². The fourth-order valence-electron chi connectivity index (χ4n) is 0.966. The summed E-state index contributed by atoms with van der Waals surface area (Å²) in [5.41, 5.74) is 1.25. The summed E-state index contributed by atoms with van der Waals surface area (Å²) < 4.78 is 1.08. The maximum Gasteiger partial charge on any atom is 0.232 e. The van der Waals surface area contributed by atoms with Gasteiger partial charge in [-0.2, -0.15) is 0 Å². The molecule has 0 aliphatic heterocycles. The summed E-state index contributed by atoms with van der Waals surface area (Å²) in [5.74, 6) is 1.59. The molecule has 0 N–H and O–H groups in total. The van der Waals surface area contributed by atoms with Gasteiger partial charge < -0.3 is 4.90 Å². The molecule has 0 saturated carbocycles. The Hall–Kier alpha value is -0.480. The van der Waals surface area contributed by atoms with E-state index in [1.807, 2.05) is 12.1 Å². The van der Waals surface area contributed by atoms with E-state index in [0.29, 0.717) is 5.75 Å². The Morgan fingerprint density at radius 1 is 1.33 bits per heavy atom. The highest BCUT2D eigenvalue weighted by Gasteiger charge is 2.03. The topological polar surface area (TPSA) is 20.3 Å². The number of hydrogen-bond donors (Lipinski definition) is 0. The van der Waals surface area contributed by atoms with E-state index in [-0.39, 0.29) is 5.91 Å².